The number of hydrogen-bond donors (Lipinski definition) is 3. The Morgan fingerprint density at radius 1 is 1.15 bits per heavy atom. The second kappa shape index (κ2) is 8.91. The van der Waals surface area contributed by atoms with Gasteiger partial charge in [-0.3, -0.25) is 4.79 Å². The van der Waals surface area contributed by atoms with Crippen molar-refractivity contribution in [2.45, 2.75) is 56.4 Å². The van der Waals surface area contributed by atoms with E-state index in [0.717, 1.165) is 31.7 Å². The topological polar surface area (TPSA) is 82.8 Å². The van der Waals surface area contributed by atoms with Crippen LogP contribution in [0, 0.1) is 17.6 Å². The number of urea groups is 1. The number of carbonyl (C=O) groups is 2. The van der Waals surface area contributed by atoms with E-state index < -0.39 is 35.9 Å². The number of carbonyl (C=O) groups excluding carboxylic acids is 2. The zero-order valence-electron chi connectivity index (χ0n) is 17.7. The van der Waals surface area contributed by atoms with Crippen LogP contribution in [-0.2, 0) is 9.53 Å². The summed E-state index contributed by atoms with van der Waals surface area (Å²) in [6, 6.07) is 8.09. The minimum atomic E-state index is -0.845. The number of epoxide rings is 1. The van der Waals surface area contributed by atoms with Gasteiger partial charge in [0, 0.05) is 11.3 Å². The first-order valence-corrected chi connectivity index (χ1v) is 11.6. The third-order valence-corrected chi connectivity index (χ3v) is 7.08. The first-order chi connectivity index (χ1) is 15.9. The Balaban J connectivity index is 1.50. The molecule has 6 nitrogen and oxygen atoms in total. The van der Waals surface area contributed by atoms with Crippen LogP contribution in [0.1, 0.15) is 55.2 Å². The lowest BCUT2D eigenvalue weighted by Crippen LogP contribution is -2.37. The van der Waals surface area contributed by atoms with Crippen LogP contribution in [0.15, 0.2) is 36.4 Å². The lowest BCUT2D eigenvalue weighted by atomic mass is 9.87. The maximum absolute atomic E-state index is 15.0. The van der Waals surface area contributed by atoms with E-state index >= 15 is 0 Å². The monoisotopic (exact) mass is 475 g/mol. The Bertz CT molecular complexity index is 1090. The molecule has 174 valence electrons. The fraction of sp³-hybridized carbons (Fsp3) is 0.417. The molecule has 0 bridgehead atoms. The molecule has 3 N–H and O–H groups in total. The number of halogens is 3. The van der Waals surface area contributed by atoms with Gasteiger partial charge < -0.3 is 20.7 Å². The molecule has 0 spiro atoms. The van der Waals surface area contributed by atoms with Gasteiger partial charge in [-0.15, -0.1) is 0 Å². The van der Waals surface area contributed by atoms with Crippen molar-refractivity contribution in [2.24, 2.45) is 5.92 Å². The second-order valence-corrected chi connectivity index (χ2v) is 9.26. The van der Waals surface area contributed by atoms with Crippen molar-refractivity contribution in [2.75, 3.05) is 5.32 Å². The third kappa shape index (κ3) is 4.42. The molecule has 3 amide bonds. The Morgan fingerprint density at radius 3 is 2.70 bits per heavy atom. The van der Waals surface area contributed by atoms with Gasteiger partial charge in [0.2, 0.25) is 5.91 Å². The van der Waals surface area contributed by atoms with Crippen LogP contribution in [0.2, 0.25) is 5.02 Å². The Labute approximate surface area is 195 Å². The van der Waals surface area contributed by atoms with E-state index in [2.05, 4.69) is 16.0 Å². The van der Waals surface area contributed by atoms with Crippen molar-refractivity contribution in [3.05, 3.63) is 64.2 Å². The number of rotatable bonds is 4. The SMILES string of the molecule is O=C1Nc2ccccc2[C@H](C(=O)N[C@H](c2c(F)ccc(Cl)c2F)C2CCCC2)CC2OC2N1. The van der Waals surface area contributed by atoms with E-state index in [0.29, 0.717) is 17.7 Å². The highest BCUT2D eigenvalue weighted by atomic mass is 35.5. The Kier molecular flexibility index (Phi) is 5.97. The van der Waals surface area contributed by atoms with E-state index in [1.807, 2.05) is 0 Å². The second-order valence-electron chi connectivity index (χ2n) is 8.86. The highest BCUT2D eigenvalue weighted by Gasteiger charge is 2.45. The van der Waals surface area contributed by atoms with Crippen molar-refractivity contribution in [3.8, 4) is 0 Å². The van der Waals surface area contributed by atoms with E-state index in [1.165, 1.54) is 6.07 Å². The summed E-state index contributed by atoms with van der Waals surface area (Å²) < 4.78 is 35.3. The molecule has 2 aromatic rings. The minimum Gasteiger partial charge on any atom is -0.348 e. The molecule has 1 saturated heterocycles. The van der Waals surface area contributed by atoms with Gasteiger partial charge in [-0.05, 0) is 48.9 Å². The molecule has 0 aromatic heterocycles. The molecule has 2 fully saturated rings. The zero-order chi connectivity index (χ0) is 23.1. The molecule has 2 heterocycles. The molecule has 9 heteroatoms. The average molecular weight is 476 g/mol. The molecule has 4 atom stereocenters. The van der Waals surface area contributed by atoms with Crippen LogP contribution >= 0.6 is 11.6 Å². The normalized spacial score (nSPS) is 25.4. The maximum atomic E-state index is 15.0. The lowest BCUT2D eigenvalue weighted by molar-refractivity contribution is -0.124. The molecule has 33 heavy (non-hydrogen) atoms. The first kappa shape index (κ1) is 22.1. The van der Waals surface area contributed by atoms with E-state index in [1.54, 1.807) is 24.3 Å². The molecule has 2 unspecified atom stereocenters. The lowest BCUT2D eigenvalue weighted by Gasteiger charge is -2.29. The summed E-state index contributed by atoms with van der Waals surface area (Å²) in [5, 5.41) is 8.24. The van der Waals surface area contributed by atoms with Gasteiger partial charge in [0.25, 0.3) is 0 Å². The molecule has 2 aliphatic heterocycles. The van der Waals surface area contributed by atoms with Crippen LogP contribution in [0.4, 0.5) is 19.3 Å². The molecule has 0 radical (unpaired) electrons. The maximum Gasteiger partial charge on any atom is 0.321 e. The zero-order valence-corrected chi connectivity index (χ0v) is 18.5. The first-order valence-electron chi connectivity index (χ1n) is 11.2. The van der Waals surface area contributed by atoms with Crippen molar-refractivity contribution in [1.82, 2.24) is 10.6 Å². The summed E-state index contributed by atoms with van der Waals surface area (Å²) in [7, 11) is 0. The van der Waals surface area contributed by atoms with Crippen molar-refractivity contribution >= 4 is 29.2 Å². The molecule has 1 aliphatic carbocycles. The quantitative estimate of drug-likeness (QED) is 0.430. The molecule has 1 saturated carbocycles. The average Bonchev–Trinajstić information content (AvgIpc) is 3.27. The minimum absolute atomic E-state index is 0.103. The van der Waals surface area contributed by atoms with Crippen molar-refractivity contribution in [1.29, 1.82) is 0 Å². The number of ether oxygens (including phenoxy) is 1. The highest BCUT2D eigenvalue weighted by molar-refractivity contribution is 6.30. The number of fused-ring (bicyclic) bond motifs is 2. The van der Waals surface area contributed by atoms with Crippen LogP contribution in [0.5, 0.6) is 0 Å². The van der Waals surface area contributed by atoms with E-state index in [9.17, 15) is 18.4 Å². The number of para-hydroxylation sites is 1. The van der Waals surface area contributed by atoms with Crippen LogP contribution < -0.4 is 16.0 Å². The van der Waals surface area contributed by atoms with Gasteiger partial charge in [0.1, 0.15) is 17.7 Å². The number of hydrogen-bond acceptors (Lipinski definition) is 3. The van der Waals surface area contributed by atoms with Crippen molar-refractivity contribution in [3.63, 3.8) is 0 Å². The fourth-order valence-electron chi connectivity index (χ4n) is 5.06. The van der Waals surface area contributed by atoms with Crippen LogP contribution in [-0.4, -0.2) is 24.3 Å². The van der Waals surface area contributed by atoms with Gasteiger partial charge in [0.05, 0.1) is 17.0 Å². The van der Waals surface area contributed by atoms with Gasteiger partial charge >= 0.3 is 6.03 Å². The highest BCUT2D eigenvalue weighted by Crippen LogP contribution is 2.41. The van der Waals surface area contributed by atoms with Gasteiger partial charge in [-0.25, -0.2) is 13.6 Å². The number of benzene rings is 2. The van der Waals surface area contributed by atoms with Gasteiger partial charge in [-0.2, -0.15) is 0 Å². The van der Waals surface area contributed by atoms with Crippen molar-refractivity contribution < 1.29 is 23.1 Å². The van der Waals surface area contributed by atoms with Crippen LogP contribution in [0.3, 0.4) is 0 Å². The number of anilines is 1. The number of nitrogens with one attached hydrogen (secondary N) is 3. The standard InChI is InChI=1S/C24H24ClF2N3O3/c25-15-9-10-16(26)19(20(15)27)21(12-5-1-2-6-12)29-22(31)14-11-18-23(33-18)30-24(32)28-17-8-4-3-7-13(14)17/h3-4,7-10,12,14,18,21,23H,1-2,5-6,11H2,(H,29,31)(H2,28,30,32)/t14-,18?,21+,23?/m1/s1. The summed E-state index contributed by atoms with van der Waals surface area (Å²) >= 11 is 5.97. The molecule has 5 rings (SSSR count). The summed E-state index contributed by atoms with van der Waals surface area (Å²) in [5.41, 5.74) is 0.933. The Morgan fingerprint density at radius 2 is 1.91 bits per heavy atom. The largest absolute Gasteiger partial charge is 0.348 e. The van der Waals surface area contributed by atoms with Gasteiger partial charge in [-0.1, -0.05) is 42.6 Å². The van der Waals surface area contributed by atoms with E-state index in [4.69, 9.17) is 16.3 Å². The van der Waals surface area contributed by atoms with Gasteiger partial charge in [0.15, 0.2) is 6.23 Å². The number of amides is 3. The smallest absolute Gasteiger partial charge is 0.321 e. The van der Waals surface area contributed by atoms with Crippen LogP contribution in [0.25, 0.3) is 0 Å². The summed E-state index contributed by atoms with van der Waals surface area (Å²) in [5.74, 6) is -2.72. The Hall–Kier alpha value is -2.71. The summed E-state index contributed by atoms with van der Waals surface area (Å²) in [6.45, 7) is 0. The predicted octanol–water partition coefficient (Wildman–Crippen LogP) is 5.00. The molecular formula is C24H24ClF2N3O3. The third-order valence-electron chi connectivity index (χ3n) is 6.78. The van der Waals surface area contributed by atoms with E-state index in [-0.39, 0.29) is 28.5 Å². The summed E-state index contributed by atoms with van der Waals surface area (Å²) in [4.78, 5) is 25.9. The molecule has 2 aromatic carbocycles. The predicted molar refractivity (Wildman–Crippen MR) is 119 cm³/mol. The fourth-order valence-corrected chi connectivity index (χ4v) is 5.22. The summed E-state index contributed by atoms with van der Waals surface area (Å²) in [6.07, 6.45) is 2.92. The molecule has 3 aliphatic rings. The molecular weight excluding hydrogens is 452 g/mol.